The molecule has 0 amide bonds. The van der Waals surface area contributed by atoms with E-state index < -0.39 is 0 Å². The number of aliphatic hydroxyl groups is 1. The maximum absolute atomic E-state index is 12.6. The van der Waals surface area contributed by atoms with Gasteiger partial charge < -0.3 is 29.0 Å². The first-order valence-electron chi connectivity index (χ1n) is 21.9. The van der Waals surface area contributed by atoms with Crippen LogP contribution >= 0.6 is 0 Å². The fraction of sp³-hybridized carbons (Fsp3) is 0.953. The zero-order valence-corrected chi connectivity index (χ0v) is 34.1. The van der Waals surface area contributed by atoms with E-state index in [4.69, 9.17) is 18.9 Å². The molecule has 0 unspecified atom stereocenters. The van der Waals surface area contributed by atoms with Gasteiger partial charge in [0.1, 0.15) is 6.10 Å². The zero-order valence-electron chi connectivity index (χ0n) is 34.1. The lowest BCUT2D eigenvalue weighted by Crippen LogP contribution is -2.29. The van der Waals surface area contributed by atoms with E-state index >= 15 is 0 Å². The first-order chi connectivity index (χ1) is 25.1. The lowest BCUT2D eigenvalue weighted by Gasteiger charge is -2.22. The Balaban J connectivity index is 4.04. The van der Waals surface area contributed by atoms with Crippen molar-refractivity contribution in [2.75, 3.05) is 59.3 Å². The van der Waals surface area contributed by atoms with Crippen LogP contribution in [0.3, 0.4) is 0 Å². The summed E-state index contributed by atoms with van der Waals surface area (Å²) in [5.74, 6) is -0.199. The van der Waals surface area contributed by atoms with Crippen LogP contribution in [-0.4, -0.2) is 87.3 Å². The molecular formula is C43H85NO7. The molecule has 1 N–H and O–H groups in total. The summed E-state index contributed by atoms with van der Waals surface area (Å²) in [7, 11) is 0. The summed E-state index contributed by atoms with van der Waals surface area (Å²) in [6, 6.07) is 0. The number of carbonyl (C=O) groups excluding carboxylic acids is 2. The van der Waals surface area contributed by atoms with Crippen LogP contribution in [0.25, 0.3) is 0 Å². The summed E-state index contributed by atoms with van der Waals surface area (Å²) in [6.45, 7) is 12.6. The minimum atomic E-state index is -0.331. The third-order valence-corrected chi connectivity index (χ3v) is 9.54. The van der Waals surface area contributed by atoms with E-state index in [1.165, 1.54) is 83.5 Å². The third-order valence-electron chi connectivity index (χ3n) is 9.54. The summed E-state index contributed by atoms with van der Waals surface area (Å²) >= 11 is 0. The van der Waals surface area contributed by atoms with Crippen LogP contribution in [-0.2, 0) is 28.5 Å². The number of unbranched alkanes of at least 4 members (excludes halogenated alkanes) is 20. The smallest absolute Gasteiger partial charge is 0.306 e. The monoisotopic (exact) mass is 728 g/mol. The van der Waals surface area contributed by atoms with Gasteiger partial charge in [-0.15, -0.1) is 0 Å². The summed E-state index contributed by atoms with van der Waals surface area (Å²) in [6.07, 6.45) is 30.3. The van der Waals surface area contributed by atoms with Gasteiger partial charge in [0, 0.05) is 39.2 Å². The van der Waals surface area contributed by atoms with E-state index in [1.807, 2.05) is 0 Å². The Hall–Kier alpha value is -1.22. The molecule has 0 aliphatic rings. The fourth-order valence-corrected chi connectivity index (χ4v) is 6.27. The molecule has 0 saturated carbocycles. The van der Waals surface area contributed by atoms with Gasteiger partial charge in [0.15, 0.2) is 0 Å². The Morgan fingerprint density at radius 1 is 0.471 bits per heavy atom. The highest BCUT2D eigenvalue weighted by molar-refractivity contribution is 5.69. The molecule has 0 fully saturated rings. The standard InChI is InChI=1S/C43H85NO7/c1-4-7-10-13-14-15-16-20-28-38-50-42(46)30-23-21-25-33-44(34-29-35-45)32-24-19-17-18-22-31-43(47)51-41(39-48-36-26-11-8-5-2)40-49-37-27-12-9-6-3/h41,45H,4-40H2,1-3H3. The molecule has 0 rings (SSSR count). The van der Waals surface area contributed by atoms with Gasteiger partial charge in [0.25, 0.3) is 0 Å². The zero-order chi connectivity index (χ0) is 37.3. The van der Waals surface area contributed by atoms with Crippen molar-refractivity contribution in [1.29, 1.82) is 0 Å². The highest BCUT2D eigenvalue weighted by Crippen LogP contribution is 2.12. The van der Waals surface area contributed by atoms with Gasteiger partial charge in [-0.2, -0.15) is 0 Å². The van der Waals surface area contributed by atoms with Crippen molar-refractivity contribution < 1.29 is 33.6 Å². The van der Waals surface area contributed by atoms with Crippen LogP contribution in [0, 0.1) is 0 Å². The lowest BCUT2D eigenvalue weighted by atomic mass is 10.1. The second-order valence-corrected chi connectivity index (χ2v) is 14.7. The molecule has 0 spiro atoms. The van der Waals surface area contributed by atoms with Crippen LogP contribution in [0.15, 0.2) is 0 Å². The summed E-state index contributed by atoms with van der Waals surface area (Å²) < 4.78 is 22.9. The second-order valence-electron chi connectivity index (χ2n) is 14.7. The molecule has 0 aromatic carbocycles. The Kier molecular flexibility index (Phi) is 40.5. The van der Waals surface area contributed by atoms with E-state index in [0.29, 0.717) is 45.9 Å². The van der Waals surface area contributed by atoms with Crippen molar-refractivity contribution >= 4 is 11.9 Å². The molecule has 0 heterocycles. The van der Waals surface area contributed by atoms with Crippen LogP contribution in [0.2, 0.25) is 0 Å². The lowest BCUT2D eigenvalue weighted by molar-refractivity contribution is -0.156. The predicted molar refractivity (Wildman–Crippen MR) is 212 cm³/mol. The van der Waals surface area contributed by atoms with Crippen LogP contribution in [0.4, 0.5) is 0 Å². The van der Waals surface area contributed by atoms with Gasteiger partial charge >= 0.3 is 11.9 Å². The average Bonchev–Trinajstić information content (AvgIpc) is 3.13. The second kappa shape index (κ2) is 41.5. The minimum absolute atomic E-state index is 0.0517. The molecule has 0 aromatic heterocycles. The SMILES string of the molecule is CCCCCCCCCCCOC(=O)CCCCCN(CCCO)CCCCCCCC(=O)OC(COCCCCCC)COCCCCCC. The molecule has 0 radical (unpaired) electrons. The van der Waals surface area contributed by atoms with Crippen LogP contribution < -0.4 is 0 Å². The summed E-state index contributed by atoms with van der Waals surface area (Å²) in [4.78, 5) is 27.2. The average molecular weight is 728 g/mol. The quantitative estimate of drug-likeness (QED) is 0.0490. The topological polar surface area (TPSA) is 94.5 Å². The number of nitrogens with zero attached hydrogens (tertiary/aromatic N) is 1. The number of ether oxygens (including phenoxy) is 4. The summed E-state index contributed by atoms with van der Waals surface area (Å²) in [5.41, 5.74) is 0. The number of hydrogen-bond acceptors (Lipinski definition) is 8. The first kappa shape index (κ1) is 49.8. The Morgan fingerprint density at radius 3 is 1.39 bits per heavy atom. The number of esters is 2. The number of aliphatic hydroxyl groups excluding tert-OH is 1. The van der Waals surface area contributed by atoms with Gasteiger partial charge in [0.05, 0.1) is 19.8 Å². The third kappa shape index (κ3) is 38.3. The highest BCUT2D eigenvalue weighted by Gasteiger charge is 2.15. The van der Waals surface area contributed by atoms with E-state index in [2.05, 4.69) is 25.7 Å². The van der Waals surface area contributed by atoms with Crippen molar-refractivity contribution in [2.45, 2.75) is 207 Å². The largest absolute Gasteiger partial charge is 0.466 e. The first-order valence-corrected chi connectivity index (χ1v) is 21.9. The molecule has 51 heavy (non-hydrogen) atoms. The fourth-order valence-electron chi connectivity index (χ4n) is 6.27. The van der Waals surface area contributed by atoms with E-state index in [1.54, 1.807) is 0 Å². The molecular weight excluding hydrogens is 642 g/mol. The highest BCUT2D eigenvalue weighted by atomic mass is 16.6. The maximum Gasteiger partial charge on any atom is 0.306 e. The number of hydrogen-bond donors (Lipinski definition) is 1. The molecule has 0 saturated heterocycles. The molecule has 304 valence electrons. The van der Waals surface area contributed by atoms with Crippen molar-refractivity contribution in [1.82, 2.24) is 4.90 Å². The molecule has 0 aromatic rings. The Bertz CT molecular complexity index is 706. The minimum Gasteiger partial charge on any atom is -0.466 e. The van der Waals surface area contributed by atoms with Gasteiger partial charge in [-0.25, -0.2) is 0 Å². The molecule has 0 aliphatic carbocycles. The van der Waals surface area contributed by atoms with Crippen molar-refractivity contribution in [3.63, 3.8) is 0 Å². The van der Waals surface area contributed by atoms with Gasteiger partial charge in [-0.05, 0) is 64.5 Å². The molecule has 8 heteroatoms. The molecule has 8 nitrogen and oxygen atoms in total. The van der Waals surface area contributed by atoms with Crippen LogP contribution in [0.5, 0.6) is 0 Å². The number of rotatable bonds is 42. The van der Waals surface area contributed by atoms with Gasteiger partial charge in [-0.3, -0.25) is 9.59 Å². The molecule has 0 atom stereocenters. The maximum atomic E-state index is 12.6. The molecule has 0 aliphatic heterocycles. The van der Waals surface area contributed by atoms with E-state index in [9.17, 15) is 14.7 Å². The Morgan fingerprint density at radius 2 is 0.863 bits per heavy atom. The van der Waals surface area contributed by atoms with Crippen LogP contribution in [0.1, 0.15) is 201 Å². The Labute approximate surface area is 315 Å². The van der Waals surface area contributed by atoms with Gasteiger partial charge in [-0.1, -0.05) is 136 Å². The summed E-state index contributed by atoms with van der Waals surface area (Å²) in [5, 5.41) is 9.36. The van der Waals surface area contributed by atoms with Crippen molar-refractivity contribution in [2.24, 2.45) is 0 Å². The normalized spacial score (nSPS) is 11.6. The predicted octanol–water partition coefficient (Wildman–Crippen LogP) is 10.8. The number of carbonyl (C=O) groups is 2. The van der Waals surface area contributed by atoms with Gasteiger partial charge in [0.2, 0.25) is 0 Å². The molecule has 0 bridgehead atoms. The van der Waals surface area contributed by atoms with Crippen molar-refractivity contribution in [3.8, 4) is 0 Å². The van der Waals surface area contributed by atoms with E-state index in [0.717, 1.165) is 103 Å². The van der Waals surface area contributed by atoms with E-state index in [-0.39, 0.29) is 24.6 Å². The van der Waals surface area contributed by atoms with Crippen molar-refractivity contribution in [3.05, 3.63) is 0 Å².